The number of rotatable bonds is 4. The molecule has 28 heavy (non-hydrogen) atoms. The SMILES string of the molecule is Cc1cc(F)ccc1Nc1nc(N(C)c2ccccc2)c2ccccc2n1.Cl. The Bertz CT molecular complexity index is 1100. The van der Waals surface area contributed by atoms with E-state index in [4.69, 9.17) is 4.98 Å². The Morgan fingerprint density at radius 2 is 1.61 bits per heavy atom. The number of benzene rings is 3. The summed E-state index contributed by atoms with van der Waals surface area (Å²) in [6.45, 7) is 1.85. The molecule has 0 radical (unpaired) electrons. The highest BCUT2D eigenvalue weighted by Gasteiger charge is 2.13. The van der Waals surface area contributed by atoms with Gasteiger partial charge in [0.2, 0.25) is 5.95 Å². The second-order valence-electron chi connectivity index (χ2n) is 6.37. The average Bonchev–Trinajstić information content (AvgIpc) is 2.69. The first-order valence-electron chi connectivity index (χ1n) is 8.70. The highest BCUT2D eigenvalue weighted by atomic mass is 35.5. The van der Waals surface area contributed by atoms with Crippen LogP contribution in [0.2, 0.25) is 0 Å². The molecule has 0 aliphatic carbocycles. The van der Waals surface area contributed by atoms with Crippen LogP contribution in [0.1, 0.15) is 5.56 Å². The Morgan fingerprint density at radius 1 is 0.893 bits per heavy atom. The average molecular weight is 395 g/mol. The molecular formula is C22H20ClFN4. The molecule has 4 aromatic rings. The third-order valence-electron chi connectivity index (χ3n) is 4.48. The topological polar surface area (TPSA) is 41.1 Å². The van der Waals surface area contributed by atoms with Gasteiger partial charge in [-0.25, -0.2) is 9.37 Å². The van der Waals surface area contributed by atoms with Crippen molar-refractivity contribution in [3.8, 4) is 0 Å². The van der Waals surface area contributed by atoms with Crippen LogP contribution in [0.4, 0.5) is 27.5 Å². The number of halogens is 2. The van der Waals surface area contributed by atoms with Crippen LogP contribution >= 0.6 is 12.4 Å². The lowest BCUT2D eigenvalue weighted by molar-refractivity contribution is 0.627. The van der Waals surface area contributed by atoms with Gasteiger partial charge in [-0.05, 0) is 55.0 Å². The smallest absolute Gasteiger partial charge is 0.229 e. The molecule has 1 heterocycles. The predicted octanol–water partition coefficient (Wildman–Crippen LogP) is 6.01. The number of anilines is 4. The highest BCUT2D eigenvalue weighted by Crippen LogP contribution is 2.30. The molecule has 0 bridgehead atoms. The fraction of sp³-hybridized carbons (Fsp3) is 0.0909. The molecule has 1 aromatic heterocycles. The first-order valence-corrected chi connectivity index (χ1v) is 8.70. The summed E-state index contributed by atoms with van der Waals surface area (Å²) in [5.41, 5.74) is 3.45. The van der Waals surface area contributed by atoms with Gasteiger partial charge in [0.1, 0.15) is 11.6 Å². The fourth-order valence-electron chi connectivity index (χ4n) is 3.03. The standard InChI is InChI=1S/C22H19FN4.ClH/c1-15-14-16(23)12-13-19(15)24-22-25-20-11-7-6-10-18(20)21(26-22)27(2)17-8-4-3-5-9-17;/h3-14H,1-2H3,(H,24,25,26);1H. The van der Waals surface area contributed by atoms with Crippen molar-refractivity contribution >= 4 is 46.5 Å². The zero-order valence-corrected chi connectivity index (χ0v) is 16.4. The van der Waals surface area contributed by atoms with Gasteiger partial charge in [-0.15, -0.1) is 12.4 Å². The lowest BCUT2D eigenvalue weighted by atomic mass is 10.2. The Balaban J connectivity index is 0.00000225. The lowest BCUT2D eigenvalue weighted by Gasteiger charge is -2.21. The van der Waals surface area contributed by atoms with Crippen LogP contribution in [-0.2, 0) is 0 Å². The number of hydrogen-bond acceptors (Lipinski definition) is 4. The molecule has 0 fully saturated rings. The van der Waals surface area contributed by atoms with Crippen molar-refractivity contribution in [2.24, 2.45) is 0 Å². The van der Waals surface area contributed by atoms with E-state index in [1.54, 1.807) is 6.07 Å². The summed E-state index contributed by atoms with van der Waals surface area (Å²) in [6.07, 6.45) is 0. The molecule has 0 aliphatic rings. The van der Waals surface area contributed by atoms with E-state index in [2.05, 4.69) is 10.3 Å². The molecule has 0 amide bonds. The van der Waals surface area contributed by atoms with Gasteiger partial charge in [-0.3, -0.25) is 0 Å². The number of aryl methyl sites for hydroxylation is 1. The minimum Gasteiger partial charge on any atom is -0.329 e. The van der Waals surface area contributed by atoms with Crippen LogP contribution in [0.3, 0.4) is 0 Å². The Labute approximate surface area is 169 Å². The van der Waals surface area contributed by atoms with Gasteiger partial charge in [0, 0.05) is 23.8 Å². The Hall–Kier alpha value is -3.18. The number of aromatic nitrogens is 2. The third-order valence-corrected chi connectivity index (χ3v) is 4.48. The number of hydrogen-bond donors (Lipinski definition) is 1. The van der Waals surface area contributed by atoms with Crippen LogP contribution in [0, 0.1) is 12.7 Å². The summed E-state index contributed by atoms with van der Waals surface area (Å²) in [6, 6.07) is 22.6. The molecule has 0 aliphatic heterocycles. The van der Waals surface area contributed by atoms with Crippen molar-refractivity contribution in [2.75, 3.05) is 17.3 Å². The molecule has 3 aromatic carbocycles. The van der Waals surface area contributed by atoms with E-state index in [0.717, 1.165) is 33.7 Å². The predicted molar refractivity (Wildman–Crippen MR) is 116 cm³/mol. The maximum Gasteiger partial charge on any atom is 0.229 e. The zero-order chi connectivity index (χ0) is 18.8. The third kappa shape index (κ3) is 3.89. The van der Waals surface area contributed by atoms with E-state index in [1.807, 2.05) is 73.5 Å². The molecule has 4 nitrogen and oxygen atoms in total. The fourth-order valence-corrected chi connectivity index (χ4v) is 3.03. The molecule has 0 atom stereocenters. The van der Waals surface area contributed by atoms with Gasteiger partial charge >= 0.3 is 0 Å². The van der Waals surface area contributed by atoms with Crippen molar-refractivity contribution in [1.29, 1.82) is 0 Å². The maximum atomic E-state index is 13.4. The quantitative estimate of drug-likeness (QED) is 0.460. The molecule has 4 rings (SSSR count). The minimum absolute atomic E-state index is 0. The number of nitrogens with zero attached hydrogens (tertiary/aromatic N) is 3. The summed E-state index contributed by atoms with van der Waals surface area (Å²) >= 11 is 0. The minimum atomic E-state index is -0.262. The second-order valence-corrected chi connectivity index (χ2v) is 6.37. The number of nitrogens with one attached hydrogen (secondary N) is 1. The Morgan fingerprint density at radius 3 is 2.36 bits per heavy atom. The molecule has 6 heteroatoms. The highest BCUT2D eigenvalue weighted by molar-refractivity contribution is 5.92. The van der Waals surface area contributed by atoms with Crippen molar-refractivity contribution in [3.05, 3.63) is 84.2 Å². The van der Waals surface area contributed by atoms with Gasteiger partial charge in [0.05, 0.1) is 5.52 Å². The summed E-state index contributed by atoms with van der Waals surface area (Å²) < 4.78 is 13.4. The van der Waals surface area contributed by atoms with Gasteiger partial charge in [-0.2, -0.15) is 4.98 Å². The first kappa shape index (κ1) is 19.6. The molecular weight excluding hydrogens is 375 g/mol. The first-order chi connectivity index (χ1) is 13.1. The van der Waals surface area contributed by atoms with E-state index in [0.29, 0.717) is 5.95 Å². The summed E-state index contributed by atoms with van der Waals surface area (Å²) in [5.74, 6) is 1.01. The van der Waals surface area contributed by atoms with E-state index in [-0.39, 0.29) is 18.2 Å². The Kier molecular flexibility index (Phi) is 5.76. The maximum absolute atomic E-state index is 13.4. The molecule has 142 valence electrons. The van der Waals surface area contributed by atoms with E-state index in [9.17, 15) is 4.39 Å². The monoisotopic (exact) mass is 394 g/mol. The van der Waals surface area contributed by atoms with Gasteiger partial charge < -0.3 is 10.2 Å². The van der Waals surface area contributed by atoms with Crippen LogP contribution in [0.15, 0.2) is 72.8 Å². The second kappa shape index (κ2) is 8.23. The van der Waals surface area contributed by atoms with E-state index < -0.39 is 0 Å². The zero-order valence-electron chi connectivity index (χ0n) is 15.6. The van der Waals surface area contributed by atoms with Crippen LogP contribution in [0.5, 0.6) is 0 Å². The van der Waals surface area contributed by atoms with Crippen molar-refractivity contribution in [2.45, 2.75) is 6.92 Å². The van der Waals surface area contributed by atoms with Gasteiger partial charge in [0.15, 0.2) is 0 Å². The number of para-hydroxylation sites is 2. The molecule has 1 N–H and O–H groups in total. The number of fused-ring (bicyclic) bond motifs is 1. The van der Waals surface area contributed by atoms with Crippen molar-refractivity contribution < 1.29 is 4.39 Å². The van der Waals surface area contributed by atoms with Gasteiger partial charge in [0.25, 0.3) is 0 Å². The van der Waals surface area contributed by atoms with Crippen LogP contribution in [0.25, 0.3) is 10.9 Å². The largest absolute Gasteiger partial charge is 0.329 e. The van der Waals surface area contributed by atoms with E-state index >= 15 is 0 Å². The van der Waals surface area contributed by atoms with Crippen molar-refractivity contribution in [3.63, 3.8) is 0 Å². The molecule has 0 saturated heterocycles. The van der Waals surface area contributed by atoms with Crippen molar-refractivity contribution in [1.82, 2.24) is 9.97 Å². The van der Waals surface area contributed by atoms with Crippen LogP contribution in [-0.4, -0.2) is 17.0 Å². The van der Waals surface area contributed by atoms with Gasteiger partial charge in [-0.1, -0.05) is 30.3 Å². The molecule has 0 saturated carbocycles. The lowest BCUT2D eigenvalue weighted by Crippen LogP contribution is -2.13. The molecule has 0 unspecified atom stereocenters. The molecule has 0 spiro atoms. The van der Waals surface area contributed by atoms with E-state index in [1.165, 1.54) is 12.1 Å². The summed E-state index contributed by atoms with van der Waals surface area (Å²) in [5, 5.41) is 4.19. The summed E-state index contributed by atoms with van der Waals surface area (Å²) in [7, 11) is 1.98. The normalized spacial score (nSPS) is 10.4. The summed E-state index contributed by atoms with van der Waals surface area (Å²) in [4.78, 5) is 11.4. The van der Waals surface area contributed by atoms with Crippen LogP contribution < -0.4 is 10.2 Å².